The van der Waals surface area contributed by atoms with Crippen LogP contribution >= 0.6 is 11.6 Å². The number of aromatic nitrogens is 1. The van der Waals surface area contributed by atoms with Gasteiger partial charge in [0, 0.05) is 53.3 Å². The fourth-order valence-corrected chi connectivity index (χ4v) is 7.02. The molecule has 2 amide bonds. The molecule has 16 nitrogen and oxygen atoms in total. The number of nitrogens with two attached hydrogens (primary N) is 3. The van der Waals surface area contributed by atoms with Crippen molar-refractivity contribution in [1.29, 1.82) is 0 Å². The number of carbonyl (C=O) groups excluding carboxylic acids is 3. The van der Waals surface area contributed by atoms with Crippen molar-refractivity contribution in [3.63, 3.8) is 0 Å². The van der Waals surface area contributed by atoms with E-state index < -0.39 is 18.0 Å². The Morgan fingerprint density at radius 1 is 0.938 bits per heavy atom. The Hall–Kier alpha value is -7.14. The van der Waals surface area contributed by atoms with Crippen molar-refractivity contribution in [2.24, 2.45) is 27.3 Å². The van der Waals surface area contributed by atoms with E-state index in [9.17, 15) is 29.1 Å². The third kappa shape index (κ3) is 13.2. The Balaban J connectivity index is 0.000000226. The Morgan fingerprint density at radius 3 is 2.16 bits per heavy atom. The quantitative estimate of drug-likeness (QED) is 0.0351. The maximum absolute atomic E-state index is 13.0. The number of guanidine groups is 1. The highest BCUT2D eigenvalue weighted by Gasteiger charge is 2.45. The number of benzene rings is 4. The third-order valence-electron chi connectivity index (χ3n) is 10.3. The van der Waals surface area contributed by atoms with E-state index in [1.54, 1.807) is 75.7 Å². The summed E-state index contributed by atoms with van der Waals surface area (Å²) in [4.78, 5) is 63.4. The molecule has 0 fully saturated rings. The average Bonchev–Trinajstić information content (AvgIpc) is 3.55. The topological polar surface area (TPSA) is 255 Å². The van der Waals surface area contributed by atoms with Crippen molar-refractivity contribution in [3.05, 3.63) is 148 Å². The number of carboxylic acid groups (broad SMARTS) is 2. The number of nitrogens with zero attached hydrogens (tertiary/aromatic N) is 4. The second-order valence-corrected chi connectivity index (χ2v) is 15.2. The number of halogens is 1. The summed E-state index contributed by atoms with van der Waals surface area (Å²) in [6, 6.07) is 30.5. The van der Waals surface area contributed by atoms with Crippen molar-refractivity contribution in [1.82, 2.24) is 9.88 Å². The smallest absolute Gasteiger partial charge is 0.365 e. The first-order valence-corrected chi connectivity index (χ1v) is 20.6. The molecule has 2 unspecified atom stereocenters. The summed E-state index contributed by atoms with van der Waals surface area (Å²) >= 11 is 5.89. The van der Waals surface area contributed by atoms with Crippen LogP contribution in [0.2, 0.25) is 5.02 Å². The molecule has 5 aromatic rings. The minimum Gasteiger partial charge on any atom is -0.497 e. The number of fused-ring (bicyclic) bond motifs is 1. The molecule has 0 saturated heterocycles. The highest BCUT2D eigenvalue weighted by molar-refractivity contribution is 6.30. The van der Waals surface area contributed by atoms with E-state index in [1.807, 2.05) is 67.6 Å². The van der Waals surface area contributed by atoms with Gasteiger partial charge in [-0.3, -0.25) is 28.7 Å². The van der Waals surface area contributed by atoms with Crippen molar-refractivity contribution in [3.8, 4) is 5.75 Å². The SMILES string of the molecule is CNC(=O)C[N+]1(C(C)Cc2ccccc2)N=C(c2ccccc2)C=CC1=O.COc1ccc2c(c1)c(CC(=O)O)c(C)n2C(=O)c1ccc(Cl)cc1.NC(N)=NCCC[C@H](N)C(=O)O. The molecular formula is C47H54ClN8O8+. The number of allylic oxidation sites excluding steroid dienone is 1. The molecule has 0 saturated carbocycles. The van der Waals surface area contributed by atoms with E-state index in [0.29, 0.717) is 70.0 Å². The standard InChI is InChI=1S/C22H23N3O2.C19H16ClNO4.C6H14N4O2/c1-17(15-18-9-5-3-6-10-18)25(16-21(26)23-2)22(27)14-13-20(24-25)19-11-7-4-8-12-19;1-11-15(10-18(22)23)16-9-14(25-2)7-8-17(16)21(11)19(24)12-3-5-13(20)6-4-12;7-4(5(11)12)2-1-3-10-6(8)9/h3-14,17H,15-16H2,1-2H3;3-9H,10H2,1-2H3,(H,22,23);4H,1-3,7H2,(H,11,12)(H4,8,9,10)/p+1/t;;4-/m..0/s1. The lowest BCUT2D eigenvalue weighted by Gasteiger charge is -2.35. The van der Waals surface area contributed by atoms with Gasteiger partial charge in [-0.05, 0) is 86.4 Å². The molecule has 1 aliphatic rings. The summed E-state index contributed by atoms with van der Waals surface area (Å²) < 4.78 is 6.50. The molecule has 0 aliphatic carbocycles. The summed E-state index contributed by atoms with van der Waals surface area (Å²) in [6.07, 6.45) is 4.70. The van der Waals surface area contributed by atoms with Gasteiger partial charge in [0.05, 0.1) is 19.0 Å². The van der Waals surface area contributed by atoms with Gasteiger partial charge in [0.2, 0.25) is 0 Å². The monoisotopic (exact) mass is 893 g/mol. The highest BCUT2D eigenvalue weighted by Crippen LogP contribution is 2.31. The largest absolute Gasteiger partial charge is 0.497 e. The van der Waals surface area contributed by atoms with E-state index in [4.69, 9.17) is 43.7 Å². The van der Waals surface area contributed by atoms with Gasteiger partial charge in [-0.25, -0.2) is 4.79 Å². The normalized spacial score (nSPS) is 15.0. The van der Waals surface area contributed by atoms with Gasteiger partial charge < -0.3 is 37.5 Å². The molecule has 1 aromatic heterocycles. The first-order valence-electron chi connectivity index (χ1n) is 20.3. The van der Waals surface area contributed by atoms with Crippen LogP contribution in [0, 0.1) is 6.92 Å². The zero-order valence-electron chi connectivity index (χ0n) is 36.1. The second-order valence-electron chi connectivity index (χ2n) is 14.8. The van der Waals surface area contributed by atoms with Gasteiger partial charge in [-0.2, -0.15) is 0 Å². The molecule has 1 aliphatic heterocycles. The summed E-state index contributed by atoms with van der Waals surface area (Å²) in [5.41, 5.74) is 20.4. The van der Waals surface area contributed by atoms with Gasteiger partial charge in [-0.15, -0.1) is 4.59 Å². The molecule has 336 valence electrons. The molecule has 3 atom stereocenters. The molecule has 0 spiro atoms. The first kappa shape index (κ1) is 49.5. The number of aliphatic imine (C=N–C) groups is 1. The number of aliphatic carboxylic acids is 2. The van der Waals surface area contributed by atoms with Crippen LogP contribution in [0.25, 0.3) is 10.9 Å². The Morgan fingerprint density at radius 2 is 1.58 bits per heavy atom. The van der Waals surface area contributed by atoms with Crippen molar-refractivity contribution in [2.75, 3.05) is 27.2 Å². The van der Waals surface area contributed by atoms with Gasteiger partial charge in [0.25, 0.3) is 11.8 Å². The second kappa shape index (κ2) is 23.3. The number of quaternary nitrogens is 1. The molecule has 4 aromatic carbocycles. The summed E-state index contributed by atoms with van der Waals surface area (Å²) in [6.45, 7) is 4.12. The van der Waals surface area contributed by atoms with Gasteiger partial charge in [-0.1, -0.05) is 77.4 Å². The number of nitrogens with one attached hydrogen (secondary N) is 1. The Kier molecular flexibility index (Phi) is 18.1. The van der Waals surface area contributed by atoms with Crippen LogP contribution in [0.5, 0.6) is 5.75 Å². The van der Waals surface area contributed by atoms with Crippen LogP contribution in [-0.4, -0.2) is 100 Å². The molecule has 2 heterocycles. The number of methoxy groups -OCH3 is 1. The van der Waals surface area contributed by atoms with Crippen molar-refractivity contribution in [2.45, 2.75) is 51.6 Å². The van der Waals surface area contributed by atoms with Gasteiger partial charge >= 0.3 is 17.8 Å². The van der Waals surface area contributed by atoms with Crippen molar-refractivity contribution < 1.29 is 43.5 Å². The van der Waals surface area contributed by atoms with Crippen LogP contribution < -0.4 is 27.3 Å². The van der Waals surface area contributed by atoms with Gasteiger partial charge in [0.1, 0.15) is 23.5 Å². The van der Waals surface area contributed by atoms with Crippen molar-refractivity contribution >= 4 is 63.8 Å². The number of hydrogen-bond donors (Lipinski definition) is 6. The summed E-state index contributed by atoms with van der Waals surface area (Å²) in [5.74, 6) is -1.96. The zero-order chi connectivity index (χ0) is 47.0. The van der Waals surface area contributed by atoms with E-state index in [1.165, 1.54) is 4.57 Å². The Bertz CT molecular complexity index is 2520. The van der Waals surface area contributed by atoms with Gasteiger partial charge in [0.15, 0.2) is 12.5 Å². The van der Waals surface area contributed by atoms with Crippen LogP contribution in [0.15, 0.2) is 125 Å². The predicted octanol–water partition coefficient (Wildman–Crippen LogP) is 5.06. The predicted molar refractivity (Wildman–Crippen MR) is 247 cm³/mol. The van der Waals surface area contributed by atoms with E-state index in [-0.39, 0.29) is 47.3 Å². The third-order valence-corrected chi connectivity index (χ3v) is 10.6. The minimum atomic E-state index is -1.00. The number of rotatable bonds is 15. The van der Waals surface area contributed by atoms with Crippen LogP contribution in [0.1, 0.15) is 52.5 Å². The number of likely N-dealkylation sites (N-methyl/N-ethyl adjacent to an activating group) is 1. The maximum atomic E-state index is 13.0. The van der Waals surface area contributed by atoms with Crippen LogP contribution in [-0.2, 0) is 32.0 Å². The molecule has 64 heavy (non-hydrogen) atoms. The summed E-state index contributed by atoms with van der Waals surface area (Å²) in [5, 5.41) is 26.3. The minimum absolute atomic E-state index is 0.0129. The molecule has 6 rings (SSSR count). The fourth-order valence-electron chi connectivity index (χ4n) is 6.90. The molecule has 0 radical (unpaired) electrons. The maximum Gasteiger partial charge on any atom is 0.365 e. The number of carbonyl (C=O) groups is 5. The number of hydrogen-bond acceptors (Lipinski definition) is 9. The molecule has 0 bridgehead atoms. The lowest BCUT2D eigenvalue weighted by Crippen LogP contribution is -2.59. The van der Waals surface area contributed by atoms with E-state index >= 15 is 0 Å². The highest BCUT2D eigenvalue weighted by atomic mass is 35.5. The Labute approximate surface area is 376 Å². The first-order chi connectivity index (χ1) is 30.5. The van der Waals surface area contributed by atoms with Crippen LogP contribution in [0.3, 0.4) is 0 Å². The molecular weight excluding hydrogens is 840 g/mol. The fraction of sp³-hybridized carbons (Fsp3) is 0.255. The molecule has 9 N–H and O–H groups in total. The number of carboxylic acids is 2. The molecule has 17 heteroatoms. The number of ether oxygens (including phenoxy) is 1. The summed E-state index contributed by atoms with van der Waals surface area (Å²) in [7, 11) is 3.12. The number of amides is 2. The van der Waals surface area contributed by atoms with E-state index in [2.05, 4.69) is 10.3 Å². The lowest BCUT2D eigenvalue weighted by molar-refractivity contribution is -0.874. The van der Waals surface area contributed by atoms with Crippen LogP contribution in [0.4, 0.5) is 0 Å². The zero-order valence-corrected chi connectivity index (χ0v) is 36.9. The van der Waals surface area contributed by atoms with E-state index in [0.717, 1.165) is 11.1 Å². The average molecular weight is 894 g/mol. The lowest BCUT2D eigenvalue weighted by atomic mass is 10.0.